The first kappa shape index (κ1) is 26.0. The van der Waals surface area contributed by atoms with Gasteiger partial charge in [-0.2, -0.15) is 0 Å². The fraction of sp³-hybridized carbons (Fsp3) is 0.138. The highest BCUT2D eigenvalue weighted by atomic mass is 16.2. The van der Waals surface area contributed by atoms with Gasteiger partial charge in [0.25, 0.3) is 5.91 Å². The number of benzene rings is 2. The van der Waals surface area contributed by atoms with Crippen LogP contribution >= 0.6 is 0 Å². The molecular weight excluding hydrogens is 478 g/mol. The van der Waals surface area contributed by atoms with E-state index < -0.39 is 0 Å². The Bertz CT molecular complexity index is 1450. The van der Waals surface area contributed by atoms with Crippen molar-refractivity contribution in [3.63, 3.8) is 0 Å². The third kappa shape index (κ3) is 7.01. The summed E-state index contributed by atoms with van der Waals surface area (Å²) in [6, 6.07) is 18.4. The molecule has 0 aliphatic carbocycles. The van der Waals surface area contributed by atoms with Gasteiger partial charge in [0.1, 0.15) is 0 Å². The van der Waals surface area contributed by atoms with E-state index in [1.807, 2.05) is 55.5 Å². The number of hydrogen-bond donors (Lipinski definition) is 3. The molecule has 0 saturated carbocycles. The molecule has 4 rings (SSSR count). The second-order valence-electron chi connectivity index (χ2n) is 8.71. The lowest BCUT2D eigenvalue weighted by Gasteiger charge is -2.12. The van der Waals surface area contributed by atoms with Crippen LogP contribution in [0.5, 0.6) is 0 Å². The predicted molar refractivity (Wildman–Crippen MR) is 150 cm³/mol. The molecule has 2 amide bonds. The number of hydrogen-bond acceptors (Lipinski definition) is 7. The Labute approximate surface area is 221 Å². The van der Waals surface area contributed by atoms with Crippen LogP contribution in [0.15, 0.2) is 91.4 Å². The molecule has 0 saturated heterocycles. The minimum atomic E-state index is -0.223. The van der Waals surface area contributed by atoms with Gasteiger partial charge < -0.3 is 20.9 Å². The topological polar surface area (TPSA) is 112 Å². The Morgan fingerprint density at radius 2 is 1.84 bits per heavy atom. The van der Waals surface area contributed by atoms with Crippen molar-refractivity contribution >= 4 is 34.8 Å². The van der Waals surface area contributed by atoms with Crippen molar-refractivity contribution in [2.75, 3.05) is 36.6 Å². The minimum absolute atomic E-state index is 0.0813. The summed E-state index contributed by atoms with van der Waals surface area (Å²) in [4.78, 5) is 39.0. The SMILES string of the molecule is Cc1cc(NC(=O)c2cccc(NCC=CC(=O)N(C)C)c2)ccc1Nc1nccc(-c2cccnc2)n1. The summed E-state index contributed by atoms with van der Waals surface area (Å²) >= 11 is 0. The number of likely N-dealkylation sites (N-methyl/N-ethyl adjacent to an activating group) is 1. The maximum Gasteiger partial charge on any atom is 0.255 e. The molecule has 9 heteroatoms. The molecule has 0 spiro atoms. The van der Waals surface area contributed by atoms with Gasteiger partial charge in [-0.05, 0) is 67.1 Å². The first-order valence-corrected chi connectivity index (χ1v) is 12.0. The minimum Gasteiger partial charge on any atom is -0.382 e. The van der Waals surface area contributed by atoms with E-state index in [9.17, 15) is 9.59 Å². The largest absolute Gasteiger partial charge is 0.382 e. The fourth-order valence-electron chi connectivity index (χ4n) is 3.56. The van der Waals surface area contributed by atoms with E-state index in [1.54, 1.807) is 50.9 Å². The maximum atomic E-state index is 12.9. The normalized spacial score (nSPS) is 10.7. The summed E-state index contributed by atoms with van der Waals surface area (Å²) in [6.07, 6.45) is 8.43. The molecule has 0 fully saturated rings. The van der Waals surface area contributed by atoms with E-state index in [0.29, 0.717) is 23.7 Å². The lowest BCUT2D eigenvalue weighted by atomic mass is 10.1. The number of aromatic nitrogens is 3. The number of pyridine rings is 1. The third-order valence-corrected chi connectivity index (χ3v) is 5.59. The highest BCUT2D eigenvalue weighted by Gasteiger charge is 2.10. The average molecular weight is 508 g/mol. The molecule has 0 aliphatic rings. The lowest BCUT2D eigenvalue weighted by Crippen LogP contribution is -2.19. The van der Waals surface area contributed by atoms with Crippen molar-refractivity contribution in [2.45, 2.75) is 6.92 Å². The van der Waals surface area contributed by atoms with Crippen LogP contribution in [-0.2, 0) is 4.79 Å². The Kier molecular flexibility index (Phi) is 8.40. The van der Waals surface area contributed by atoms with Crippen molar-refractivity contribution in [2.24, 2.45) is 0 Å². The van der Waals surface area contributed by atoms with E-state index in [1.165, 1.54) is 11.0 Å². The van der Waals surface area contributed by atoms with Crippen LogP contribution in [0.3, 0.4) is 0 Å². The smallest absolute Gasteiger partial charge is 0.255 e. The van der Waals surface area contributed by atoms with Crippen molar-refractivity contribution in [3.05, 3.63) is 103 Å². The molecule has 2 aromatic heterocycles. The van der Waals surface area contributed by atoms with E-state index in [0.717, 1.165) is 28.2 Å². The maximum absolute atomic E-state index is 12.9. The van der Waals surface area contributed by atoms with Gasteiger partial charge >= 0.3 is 0 Å². The molecule has 2 heterocycles. The summed E-state index contributed by atoms with van der Waals surface area (Å²) < 4.78 is 0. The van der Waals surface area contributed by atoms with Gasteiger partial charge in [0.05, 0.1) is 5.69 Å². The molecule has 0 unspecified atom stereocenters. The Morgan fingerprint density at radius 3 is 2.61 bits per heavy atom. The fourth-order valence-corrected chi connectivity index (χ4v) is 3.56. The van der Waals surface area contributed by atoms with Crippen molar-refractivity contribution in [3.8, 4) is 11.3 Å². The molecule has 2 aromatic carbocycles. The van der Waals surface area contributed by atoms with Gasteiger partial charge in [-0.25, -0.2) is 9.97 Å². The standard InChI is InChI=1S/C29H29N7O2/c1-20-17-24(11-12-25(20)34-29-32-16-13-26(35-29)22-8-5-14-30-19-22)33-28(38)21-7-4-9-23(18-21)31-15-6-10-27(37)36(2)3/h4-14,16-19,31H,15H2,1-3H3,(H,33,38)(H,32,34,35). The predicted octanol–water partition coefficient (Wildman–Crippen LogP) is 4.90. The molecule has 0 atom stereocenters. The molecule has 9 nitrogen and oxygen atoms in total. The van der Waals surface area contributed by atoms with Crippen LogP contribution in [0, 0.1) is 6.92 Å². The highest BCUT2D eigenvalue weighted by molar-refractivity contribution is 6.05. The summed E-state index contributed by atoms with van der Waals surface area (Å²) in [5.41, 5.74) is 5.40. The summed E-state index contributed by atoms with van der Waals surface area (Å²) in [6.45, 7) is 2.41. The molecular formula is C29H29N7O2. The second kappa shape index (κ2) is 12.3. The van der Waals surface area contributed by atoms with Gasteiger partial charge in [0.2, 0.25) is 11.9 Å². The van der Waals surface area contributed by atoms with Gasteiger partial charge in [0.15, 0.2) is 0 Å². The zero-order valence-electron chi connectivity index (χ0n) is 21.5. The van der Waals surface area contributed by atoms with Gasteiger partial charge in [0, 0.05) is 73.5 Å². The van der Waals surface area contributed by atoms with Gasteiger partial charge in [-0.15, -0.1) is 0 Å². The van der Waals surface area contributed by atoms with E-state index in [2.05, 4.69) is 30.9 Å². The van der Waals surface area contributed by atoms with Crippen molar-refractivity contribution < 1.29 is 9.59 Å². The first-order valence-electron chi connectivity index (χ1n) is 12.0. The Hall–Kier alpha value is -5.05. The number of carbonyl (C=O) groups is 2. The van der Waals surface area contributed by atoms with Crippen LogP contribution in [0.1, 0.15) is 15.9 Å². The summed E-state index contributed by atoms with van der Waals surface area (Å²) in [5, 5.41) is 9.38. The summed E-state index contributed by atoms with van der Waals surface area (Å²) in [7, 11) is 3.40. The Balaban J connectivity index is 1.38. The molecule has 38 heavy (non-hydrogen) atoms. The van der Waals surface area contributed by atoms with Gasteiger partial charge in [-0.3, -0.25) is 14.6 Å². The van der Waals surface area contributed by atoms with E-state index >= 15 is 0 Å². The number of amides is 2. The van der Waals surface area contributed by atoms with Crippen LogP contribution in [0.25, 0.3) is 11.3 Å². The second-order valence-corrected chi connectivity index (χ2v) is 8.71. The average Bonchev–Trinajstić information content (AvgIpc) is 2.93. The van der Waals surface area contributed by atoms with E-state index in [-0.39, 0.29) is 11.8 Å². The molecule has 3 N–H and O–H groups in total. The third-order valence-electron chi connectivity index (χ3n) is 5.59. The quantitative estimate of drug-likeness (QED) is 0.276. The van der Waals surface area contributed by atoms with Crippen LogP contribution in [-0.4, -0.2) is 52.3 Å². The van der Waals surface area contributed by atoms with E-state index in [4.69, 9.17) is 0 Å². The Morgan fingerprint density at radius 1 is 0.974 bits per heavy atom. The van der Waals surface area contributed by atoms with Crippen LogP contribution in [0.2, 0.25) is 0 Å². The highest BCUT2D eigenvalue weighted by Crippen LogP contribution is 2.24. The molecule has 0 bridgehead atoms. The number of rotatable bonds is 9. The molecule has 192 valence electrons. The van der Waals surface area contributed by atoms with Crippen molar-refractivity contribution in [1.29, 1.82) is 0 Å². The number of aryl methyl sites for hydroxylation is 1. The van der Waals surface area contributed by atoms with Crippen LogP contribution in [0.4, 0.5) is 23.0 Å². The number of nitrogens with one attached hydrogen (secondary N) is 3. The monoisotopic (exact) mass is 507 g/mol. The molecule has 0 aliphatic heterocycles. The number of carbonyl (C=O) groups excluding carboxylic acids is 2. The van der Waals surface area contributed by atoms with Crippen molar-refractivity contribution in [1.82, 2.24) is 19.9 Å². The lowest BCUT2D eigenvalue weighted by molar-refractivity contribution is -0.123. The zero-order chi connectivity index (χ0) is 26.9. The summed E-state index contributed by atoms with van der Waals surface area (Å²) in [5.74, 6) is 0.165. The zero-order valence-corrected chi connectivity index (χ0v) is 21.5. The molecule has 4 aromatic rings. The van der Waals surface area contributed by atoms with Gasteiger partial charge in [-0.1, -0.05) is 12.1 Å². The van der Waals surface area contributed by atoms with Crippen LogP contribution < -0.4 is 16.0 Å². The number of anilines is 4. The molecule has 0 radical (unpaired) electrons. The first-order chi connectivity index (χ1) is 18.4. The number of nitrogens with zero attached hydrogens (tertiary/aromatic N) is 4.